The van der Waals surface area contributed by atoms with Gasteiger partial charge in [-0.2, -0.15) is 9.97 Å². The second kappa shape index (κ2) is 11.9. The number of hydrogen-bond acceptors (Lipinski definition) is 4. The lowest BCUT2D eigenvalue weighted by Crippen LogP contribution is -2.07. The van der Waals surface area contributed by atoms with E-state index >= 15 is 0 Å². The summed E-state index contributed by atoms with van der Waals surface area (Å²) in [5.41, 5.74) is 7.77. The van der Waals surface area contributed by atoms with E-state index in [1.54, 1.807) is 0 Å². The van der Waals surface area contributed by atoms with Crippen LogP contribution in [-0.2, 0) is 0 Å². The van der Waals surface area contributed by atoms with Gasteiger partial charge in [0.05, 0.1) is 11.0 Å². The standard InChI is InChI=1S/C51H30N4O/c1-2-14-34(15-3-1)49-52-50(37-22-21-31-11-4-5-16-35(31)29-37)54-51(53-49)55-47-39-18-9-7-13-33(39)23-26-42(47)41-20-10-19-40(48(41)55)36-24-27-43-45(30-36)56-44-28-25-32-12-6-8-17-38(32)46(43)44/h1-30H. The highest BCUT2D eigenvalue weighted by Crippen LogP contribution is 2.43. The molecule has 3 aromatic heterocycles. The van der Waals surface area contributed by atoms with Crippen molar-refractivity contribution in [1.82, 2.24) is 19.5 Å². The van der Waals surface area contributed by atoms with E-state index in [-0.39, 0.29) is 0 Å². The van der Waals surface area contributed by atoms with Crippen molar-refractivity contribution in [2.24, 2.45) is 0 Å². The summed E-state index contributed by atoms with van der Waals surface area (Å²) < 4.78 is 8.85. The third-order valence-electron chi connectivity index (χ3n) is 11.2. The van der Waals surface area contributed by atoms with Gasteiger partial charge in [-0.3, -0.25) is 4.57 Å². The zero-order chi connectivity index (χ0) is 36.7. The molecule has 0 aliphatic carbocycles. The Kier molecular flexibility index (Phi) is 6.56. The summed E-state index contributed by atoms with van der Waals surface area (Å²) >= 11 is 0. The first-order valence-electron chi connectivity index (χ1n) is 18.9. The molecule has 0 radical (unpaired) electrons. The Bertz CT molecular complexity index is 3540. The van der Waals surface area contributed by atoms with E-state index in [1.165, 1.54) is 16.2 Å². The predicted octanol–water partition coefficient (Wildman–Crippen LogP) is 13.3. The lowest BCUT2D eigenvalue weighted by molar-refractivity contribution is 0.669. The third-order valence-corrected chi connectivity index (χ3v) is 11.2. The number of aromatic nitrogens is 4. The molecule has 0 saturated heterocycles. The Morgan fingerprint density at radius 3 is 1.84 bits per heavy atom. The molecule has 5 heteroatoms. The lowest BCUT2D eigenvalue weighted by Gasteiger charge is -2.14. The molecule has 0 saturated carbocycles. The maximum absolute atomic E-state index is 6.59. The van der Waals surface area contributed by atoms with Crippen molar-refractivity contribution in [3.63, 3.8) is 0 Å². The first-order valence-corrected chi connectivity index (χ1v) is 18.9. The first kappa shape index (κ1) is 30.8. The molecule has 5 nitrogen and oxygen atoms in total. The van der Waals surface area contributed by atoms with E-state index in [2.05, 4.69) is 168 Å². The minimum absolute atomic E-state index is 0.557. The summed E-state index contributed by atoms with van der Waals surface area (Å²) in [6.07, 6.45) is 0. The topological polar surface area (TPSA) is 56.7 Å². The molecule has 0 aliphatic heterocycles. The molecule has 260 valence electrons. The van der Waals surface area contributed by atoms with Gasteiger partial charge in [-0.25, -0.2) is 4.98 Å². The van der Waals surface area contributed by atoms with Gasteiger partial charge < -0.3 is 4.42 Å². The zero-order valence-electron chi connectivity index (χ0n) is 30.0. The van der Waals surface area contributed by atoms with Crippen LogP contribution in [0.4, 0.5) is 0 Å². The highest BCUT2D eigenvalue weighted by atomic mass is 16.3. The van der Waals surface area contributed by atoms with Crippen molar-refractivity contribution in [1.29, 1.82) is 0 Å². The van der Waals surface area contributed by atoms with Gasteiger partial charge in [-0.1, -0.05) is 158 Å². The van der Waals surface area contributed by atoms with E-state index < -0.39 is 0 Å². The fourth-order valence-corrected chi connectivity index (χ4v) is 8.61. The van der Waals surface area contributed by atoms with Crippen LogP contribution in [0.5, 0.6) is 0 Å². The molecule has 0 unspecified atom stereocenters. The van der Waals surface area contributed by atoms with Gasteiger partial charge in [0.25, 0.3) is 0 Å². The molecule has 0 atom stereocenters. The maximum Gasteiger partial charge on any atom is 0.238 e. The molecule has 0 bridgehead atoms. The molecule has 0 amide bonds. The Morgan fingerprint density at radius 1 is 0.357 bits per heavy atom. The first-order chi connectivity index (χ1) is 27.7. The fourth-order valence-electron chi connectivity index (χ4n) is 8.61. The SMILES string of the molecule is c1ccc(-c2nc(-c3ccc4ccccc4c3)nc(-n3c4c(-c5ccc6c(c5)oc5ccc7ccccc7c56)cccc4c4ccc5ccccc5c43)n2)cc1. The summed E-state index contributed by atoms with van der Waals surface area (Å²) in [5, 5.41) is 11.5. The molecule has 0 N–H and O–H groups in total. The van der Waals surface area contributed by atoms with Crippen LogP contribution >= 0.6 is 0 Å². The largest absolute Gasteiger partial charge is 0.456 e. The van der Waals surface area contributed by atoms with E-state index in [9.17, 15) is 0 Å². The monoisotopic (exact) mass is 714 g/mol. The highest BCUT2D eigenvalue weighted by Gasteiger charge is 2.23. The highest BCUT2D eigenvalue weighted by molar-refractivity contribution is 6.22. The van der Waals surface area contributed by atoms with Crippen molar-refractivity contribution in [2.45, 2.75) is 0 Å². The number of nitrogens with zero attached hydrogens (tertiary/aromatic N) is 4. The normalized spacial score (nSPS) is 11.9. The van der Waals surface area contributed by atoms with Crippen molar-refractivity contribution in [2.75, 3.05) is 0 Å². The Labute approximate surface area is 320 Å². The van der Waals surface area contributed by atoms with E-state index in [4.69, 9.17) is 19.4 Å². The van der Waals surface area contributed by atoms with Gasteiger partial charge >= 0.3 is 0 Å². The molecule has 0 aliphatic rings. The van der Waals surface area contributed by atoms with Crippen molar-refractivity contribution >= 4 is 76.1 Å². The smallest absolute Gasteiger partial charge is 0.238 e. The van der Waals surface area contributed by atoms with Crippen LogP contribution in [0.2, 0.25) is 0 Å². The van der Waals surface area contributed by atoms with Gasteiger partial charge in [0, 0.05) is 43.6 Å². The average Bonchev–Trinajstić information content (AvgIpc) is 3.82. The molecule has 12 rings (SSSR count). The number of hydrogen-bond donors (Lipinski definition) is 0. The number of rotatable bonds is 4. The van der Waals surface area contributed by atoms with Gasteiger partial charge in [0.1, 0.15) is 11.2 Å². The van der Waals surface area contributed by atoms with Gasteiger partial charge in [-0.05, 0) is 56.8 Å². The molecule has 56 heavy (non-hydrogen) atoms. The summed E-state index contributed by atoms with van der Waals surface area (Å²) in [5.74, 6) is 1.78. The number of fused-ring (bicyclic) bond motifs is 11. The molecule has 3 heterocycles. The van der Waals surface area contributed by atoms with Crippen LogP contribution in [0.15, 0.2) is 186 Å². The Hall–Kier alpha value is -7.63. The van der Waals surface area contributed by atoms with E-state index in [0.29, 0.717) is 17.6 Å². The third kappa shape index (κ3) is 4.64. The van der Waals surface area contributed by atoms with E-state index in [1.807, 2.05) is 18.2 Å². The maximum atomic E-state index is 6.59. The zero-order valence-corrected chi connectivity index (χ0v) is 30.0. The molecule has 0 spiro atoms. The number of benzene rings is 9. The Balaban J connectivity index is 1.18. The van der Waals surface area contributed by atoms with E-state index in [0.717, 1.165) is 82.2 Å². The molecule has 9 aromatic carbocycles. The van der Waals surface area contributed by atoms with Crippen LogP contribution in [0.25, 0.3) is 116 Å². The fraction of sp³-hybridized carbons (Fsp3) is 0. The van der Waals surface area contributed by atoms with Crippen LogP contribution in [0.3, 0.4) is 0 Å². The van der Waals surface area contributed by atoms with Crippen molar-refractivity contribution < 1.29 is 4.42 Å². The van der Waals surface area contributed by atoms with Gasteiger partial charge in [0.15, 0.2) is 11.6 Å². The van der Waals surface area contributed by atoms with Crippen molar-refractivity contribution in [3.8, 4) is 39.9 Å². The van der Waals surface area contributed by atoms with Crippen LogP contribution in [-0.4, -0.2) is 19.5 Å². The number of para-hydroxylation sites is 1. The molecule has 0 fully saturated rings. The van der Waals surface area contributed by atoms with Gasteiger partial charge in [0.2, 0.25) is 5.95 Å². The summed E-state index contributed by atoms with van der Waals surface area (Å²) in [6.45, 7) is 0. The molecular formula is C51H30N4O. The average molecular weight is 715 g/mol. The van der Waals surface area contributed by atoms with Gasteiger partial charge in [-0.15, -0.1) is 0 Å². The summed E-state index contributed by atoms with van der Waals surface area (Å²) in [7, 11) is 0. The predicted molar refractivity (Wildman–Crippen MR) is 230 cm³/mol. The summed E-state index contributed by atoms with van der Waals surface area (Å²) in [6, 6.07) is 63.9. The van der Waals surface area contributed by atoms with Crippen LogP contribution in [0, 0.1) is 0 Å². The van der Waals surface area contributed by atoms with Crippen molar-refractivity contribution in [3.05, 3.63) is 182 Å². The quantitative estimate of drug-likeness (QED) is 0.182. The molecule has 12 aromatic rings. The minimum Gasteiger partial charge on any atom is -0.456 e. The summed E-state index contributed by atoms with van der Waals surface area (Å²) in [4.78, 5) is 15.8. The van der Waals surface area contributed by atoms with Crippen LogP contribution in [0.1, 0.15) is 0 Å². The lowest BCUT2D eigenvalue weighted by atomic mass is 9.99. The van der Waals surface area contributed by atoms with Crippen LogP contribution < -0.4 is 0 Å². The number of furan rings is 1. The second-order valence-corrected chi connectivity index (χ2v) is 14.4. The Morgan fingerprint density at radius 2 is 0.982 bits per heavy atom. The minimum atomic E-state index is 0.557. The molecular weight excluding hydrogens is 685 g/mol. The second-order valence-electron chi connectivity index (χ2n) is 14.4.